The van der Waals surface area contributed by atoms with Crippen molar-refractivity contribution in [2.45, 2.75) is 11.8 Å². The van der Waals surface area contributed by atoms with Crippen LogP contribution in [0.5, 0.6) is 0 Å². The Labute approximate surface area is 136 Å². The number of anilines is 1. The number of sulfonamides is 1. The Balaban J connectivity index is 1.90. The van der Waals surface area contributed by atoms with E-state index in [1.54, 1.807) is 18.2 Å². The van der Waals surface area contributed by atoms with Crippen LogP contribution in [0.2, 0.25) is 0 Å². The second-order valence-corrected chi connectivity index (χ2v) is 7.77. The number of thiazole rings is 1. The quantitative estimate of drug-likeness (QED) is 0.755. The first-order chi connectivity index (χ1) is 10.8. The molecular formula is C15H12N2O4S2. The van der Waals surface area contributed by atoms with E-state index < -0.39 is 16.0 Å². The highest BCUT2D eigenvalue weighted by molar-refractivity contribution is 7.92. The van der Waals surface area contributed by atoms with Gasteiger partial charge in [0.2, 0.25) is 0 Å². The molecule has 0 fully saturated rings. The van der Waals surface area contributed by atoms with E-state index in [1.807, 2.05) is 6.92 Å². The number of nitrogens with one attached hydrogen (secondary N) is 1. The molecule has 0 radical (unpaired) electrons. The summed E-state index contributed by atoms with van der Waals surface area (Å²) in [4.78, 5) is 15.1. The van der Waals surface area contributed by atoms with Gasteiger partial charge in [-0.05, 0) is 49.4 Å². The molecule has 0 bridgehead atoms. The molecule has 23 heavy (non-hydrogen) atoms. The Bertz CT molecular complexity index is 992. The highest BCUT2D eigenvalue weighted by atomic mass is 32.2. The van der Waals surface area contributed by atoms with Crippen LogP contribution in [0.4, 0.5) is 5.69 Å². The number of rotatable bonds is 4. The maximum Gasteiger partial charge on any atom is 0.335 e. The van der Waals surface area contributed by atoms with Gasteiger partial charge in [-0.3, -0.25) is 4.72 Å². The molecule has 1 aromatic heterocycles. The van der Waals surface area contributed by atoms with Crippen LogP contribution in [0.25, 0.3) is 10.2 Å². The van der Waals surface area contributed by atoms with Crippen LogP contribution in [0.15, 0.2) is 47.4 Å². The van der Waals surface area contributed by atoms with Crippen LogP contribution in [0, 0.1) is 6.92 Å². The number of benzene rings is 2. The van der Waals surface area contributed by atoms with Gasteiger partial charge in [-0.2, -0.15) is 0 Å². The van der Waals surface area contributed by atoms with Gasteiger partial charge >= 0.3 is 5.97 Å². The summed E-state index contributed by atoms with van der Waals surface area (Å²) in [6.45, 7) is 1.89. The minimum Gasteiger partial charge on any atom is -0.478 e. The summed E-state index contributed by atoms with van der Waals surface area (Å²) in [7, 11) is -3.78. The molecule has 6 nitrogen and oxygen atoms in total. The SMILES string of the molecule is Cc1nc2ccc(NS(=O)(=O)c3ccc(C(=O)O)cc3)cc2s1. The van der Waals surface area contributed by atoms with Crippen molar-refractivity contribution in [2.24, 2.45) is 0 Å². The third-order valence-electron chi connectivity index (χ3n) is 3.16. The fourth-order valence-electron chi connectivity index (χ4n) is 2.09. The maximum atomic E-state index is 12.4. The number of aromatic carboxylic acids is 1. The zero-order valence-electron chi connectivity index (χ0n) is 12.0. The lowest BCUT2D eigenvalue weighted by Crippen LogP contribution is -2.13. The molecule has 3 aromatic rings. The van der Waals surface area contributed by atoms with Gasteiger partial charge in [-0.25, -0.2) is 18.2 Å². The van der Waals surface area contributed by atoms with Crippen molar-refractivity contribution in [3.63, 3.8) is 0 Å². The summed E-state index contributed by atoms with van der Waals surface area (Å²) in [5.41, 5.74) is 1.29. The number of hydrogen-bond donors (Lipinski definition) is 2. The predicted octanol–water partition coefficient (Wildman–Crippen LogP) is 3.10. The highest BCUT2D eigenvalue weighted by Crippen LogP contribution is 2.26. The Morgan fingerprint density at radius 1 is 1.17 bits per heavy atom. The first-order valence-corrected chi connectivity index (χ1v) is 8.88. The number of nitrogens with zero attached hydrogens (tertiary/aromatic N) is 1. The van der Waals surface area contributed by atoms with Crippen molar-refractivity contribution in [3.8, 4) is 0 Å². The van der Waals surface area contributed by atoms with E-state index in [4.69, 9.17) is 5.11 Å². The van der Waals surface area contributed by atoms with Crippen molar-refractivity contribution < 1.29 is 18.3 Å². The van der Waals surface area contributed by atoms with Crippen molar-refractivity contribution in [1.29, 1.82) is 0 Å². The molecule has 0 saturated heterocycles. The van der Waals surface area contributed by atoms with Crippen LogP contribution in [-0.4, -0.2) is 24.5 Å². The molecule has 0 aliphatic rings. The lowest BCUT2D eigenvalue weighted by Gasteiger charge is -2.08. The fourth-order valence-corrected chi connectivity index (χ4v) is 4.01. The lowest BCUT2D eigenvalue weighted by atomic mass is 10.2. The van der Waals surface area contributed by atoms with Crippen LogP contribution < -0.4 is 4.72 Å². The van der Waals surface area contributed by atoms with Gasteiger partial charge in [0.15, 0.2) is 0 Å². The second-order valence-electron chi connectivity index (χ2n) is 4.85. The average Bonchev–Trinajstić information content (AvgIpc) is 2.86. The van der Waals surface area contributed by atoms with E-state index >= 15 is 0 Å². The third kappa shape index (κ3) is 3.17. The van der Waals surface area contributed by atoms with Gasteiger partial charge in [-0.1, -0.05) is 0 Å². The van der Waals surface area contributed by atoms with E-state index in [0.29, 0.717) is 5.69 Å². The molecule has 0 unspecified atom stereocenters. The molecule has 2 N–H and O–H groups in total. The zero-order chi connectivity index (χ0) is 16.6. The Kier molecular flexibility index (Phi) is 3.78. The minimum atomic E-state index is -3.78. The molecule has 0 saturated carbocycles. The van der Waals surface area contributed by atoms with Crippen molar-refractivity contribution in [1.82, 2.24) is 4.98 Å². The molecule has 0 spiro atoms. The van der Waals surface area contributed by atoms with Gasteiger partial charge in [0.1, 0.15) is 0 Å². The topological polar surface area (TPSA) is 96.4 Å². The zero-order valence-corrected chi connectivity index (χ0v) is 13.6. The van der Waals surface area contributed by atoms with Crippen LogP contribution in [0.1, 0.15) is 15.4 Å². The van der Waals surface area contributed by atoms with Crippen molar-refractivity contribution in [3.05, 3.63) is 53.0 Å². The molecule has 0 amide bonds. The molecule has 1 heterocycles. The van der Waals surface area contributed by atoms with E-state index in [9.17, 15) is 13.2 Å². The average molecular weight is 348 g/mol. The fraction of sp³-hybridized carbons (Fsp3) is 0.0667. The van der Waals surface area contributed by atoms with Crippen LogP contribution in [-0.2, 0) is 10.0 Å². The normalized spacial score (nSPS) is 11.5. The van der Waals surface area contributed by atoms with E-state index in [1.165, 1.54) is 35.6 Å². The van der Waals surface area contributed by atoms with Gasteiger partial charge in [0, 0.05) is 0 Å². The first kappa shape index (κ1) is 15.4. The number of carboxylic acid groups (broad SMARTS) is 1. The summed E-state index contributed by atoms with van der Waals surface area (Å²) in [5, 5.41) is 9.75. The number of aryl methyl sites for hydroxylation is 1. The third-order valence-corrected chi connectivity index (χ3v) is 5.49. The summed E-state index contributed by atoms with van der Waals surface area (Å²) >= 11 is 1.48. The number of carboxylic acids is 1. The monoisotopic (exact) mass is 348 g/mol. The Morgan fingerprint density at radius 3 is 2.52 bits per heavy atom. The van der Waals surface area contributed by atoms with E-state index in [0.717, 1.165) is 15.2 Å². The molecule has 0 aliphatic carbocycles. The molecule has 2 aromatic carbocycles. The van der Waals surface area contributed by atoms with Crippen molar-refractivity contribution >= 4 is 43.2 Å². The molecule has 118 valence electrons. The summed E-state index contributed by atoms with van der Waals surface area (Å²) in [6.07, 6.45) is 0. The highest BCUT2D eigenvalue weighted by Gasteiger charge is 2.15. The number of carbonyl (C=O) groups is 1. The van der Waals surface area contributed by atoms with Gasteiger partial charge in [0.25, 0.3) is 10.0 Å². The molecule has 0 aliphatic heterocycles. The van der Waals surface area contributed by atoms with E-state index in [2.05, 4.69) is 9.71 Å². The Hall–Kier alpha value is -2.45. The summed E-state index contributed by atoms with van der Waals surface area (Å²) in [5.74, 6) is -1.10. The van der Waals surface area contributed by atoms with Crippen LogP contribution in [0.3, 0.4) is 0 Å². The number of aromatic nitrogens is 1. The molecule has 3 rings (SSSR count). The Morgan fingerprint density at radius 2 is 1.87 bits per heavy atom. The lowest BCUT2D eigenvalue weighted by molar-refractivity contribution is 0.0696. The van der Waals surface area contributed by atoms with Gasteiger partial charge < -0.3 is 5.11 Å². The van der Waals surface area contributed by atoms with E-state index in [-0.39, 0.29) is 10.5 Å². The summed E-state index contributed by atoms with van der Waals surface area (Å²) in [6, 6.07) is 10.2. The number of hydrogen-bond acceptors (Lipinski definition) is 5. The second kappa shape index (κ2) is 5.64. The standard InChI is InChI=1S/C15H12N2O4S2/c1-9-16-13-7-4-11(8-14(13)22-9)17-23(20,21)12-5-2-10(3-6-12)15(18)19/h2-8,17H,1H3,(H,18,19). The van der Waals surface area contributed by atoms with Gasteiger partial charge in [-0.15, -0.1) is 11.3 Å². The van der Waals surface area contributed by atoms with Crippen molar-refractivity contribution in [2.75, 3.05) is 4.72 Å². The largest absolute Gasteiger partial charge is 0.478 e. The summed E-state index contributed by atoms with van der Waals surface area (Å²) < 4.78 is 28.1. The molecule has 0 atom stereocenters. The minimum absolute atomic E-state index is 0.00285. The smallest absolute Gasteiger partial charge is 0.335 e. The maximum absolute atomic E-state index is 12.4. The number of fused-ring (bicyclic) bond motifs is 1. The predicted molar refractivity (Wildman–Crippen MR) is 88.6 cm³/mol. The van der Waals surface area contributed by atoms with Gasteiger partial charge in [0.05, 0.1) is 31.4 Å². The molecule has 8 heteroatoms. The molecular weight excluding hydrogens is 336 g/mol. The first-order valence-electron chi connectivity index (χ1n) is 6.58. The van der Waals surface area contributed by atoms with Crippen LogP contribution >= 0.6 is 11.3 Å².